The van der Waals surface area contributed by atoms with Gasteiger partial charge in [-0.2, -0.15) is 13.9 Å². The second kappa shape index (κ2) is 11.4. The second-order valence-electron chi connectivity index (χ2n) is 10.8. The number of carbonyl (C=O) groups excluding carboxylic acids is 1. The Kier molecular flexibility index (Phi) is 7.60. The third-order valence-corrected chi connectivity index (χ3v) is 7.81. The summed E-state index contributed by atoms with van der Waals surface area (Å²) in [6.07, 6.45) is -0.385. The van der Waals surface area contributed by atoms with Gasteiger partial charge in [0, 0.05) is 40.9 Å². The number of rotatable bonds is 8. The van der Waals surface area contributed by atoms with Crippen molar-refractivity contribution in [1.29, 1.82) is 0 Å². The quantitative estimate of drug-likeness (QED) is 0.191. The minimum atomic E-state index is -3.47. The van der Waals surface area contributed by atoms with Gasteiger partial charge >= 0.3 is 0 Å². The van der Waals surface area contributed by atoms with Crippen LogP contribution in [0.2, 0.25) is 0 Å². The summed E-state index contributed by atoms with van der Waals surface area (Å²) in [6, 6.07) is 14.6. The highest BCUT2D eigenvalue weighted by Gasteiger charge is 2.51. The molecule has 1 aliphatic rings. The first kappa shape index (κ1) is 29.3. The van der Waals surface area contributed by atoms with Gasteiger partial charge in [-0.25, -0.2) is 17.6 Å². The molecule has 12 heteroatoms. The SMILES string of the molecule is CC1Cc2c(C(F)F)nn(CC(=O)N[C@@H](Cc3cc(F)cc(F)c3)c3ncccc3-c3ccc4cccnc4c3)c2C1(F)F. The third-order valence-electron chi connectivity index (χ3n) is 7.81. The van der Waals surface area contributed by atoms with Gasteiger partial charge in [-0.1, -0.05) is 31.2 Å². The maximum absolute atomic E-state index is 15.0. The van der Waals surface area contributed by atoms with Crippen molar-refractivity contribution in [3.8, 4) is 11.1 Å². The van der Waals surface area contributed by atoms with Gasteiger partial charge in [-0.05, 0) is 54.3 Å². The van der Waals surface area contributed by atoms with Crippen molar-refractivity contribution >= 4 is 16.8 Å². The molecule has 1 N–H and O–H groups in total. The zero-order valence-electron chi connectivity index (χ0n) is 23.2. The van der Waals surface area contributed by atoms with Gasteiger partial charge in [0.15, 0.2) is 0 Å². The Morgan fingerprint density at radius 3 is 2.48 bits per heavy atom. The van der Waals surface area contributed by atoms with Crippen LogP contribution < -0.4 is 5.32 Å². The Morgan fingerprint density at radius 1 is 1.00 bits per heavy atom. The van der Waals surface area contributed by atoms with Gasteiger partial charge < -0.3 is 5.32 Å². The van der Waals surface area contributed by atoms with E-state index in [1.165, 1.54) is 13.1 Å². The molecule has 1 aliphatic carbocycles. The molecule has 0 spiro atoms. The topological polar surface area (TPSA) is 72.7 Å². The summed E-state index contributed by atoms with van der Waals surface area (Å²) in [5, 5.41) is 7.31. The van der Waals surface area contributed by atoms with Crippen LogP contribution in [-0.4, -0.2) is 25.7 Å². The Labute approximate surface area is 247 Å². The van der Waals surface area contributed by atoms with Gasteiger partial charge in [-0.15, -0.1) is 0 Å². The van der Waals surface area contributed by atoms with Crippen molar-refractivity contribution < 1.29 is 31.1 Å². The minimum absolute atomic E-state index is 0.122. The molecular weight excluding hydrogens is 584 g/mol. The fraction of sp³-hybridized carbons (Fsp3) is 0.250. The fourth-order valence-electron chi connectivity index (χ4n) is 5.78. The number of hydrogen-bond donors (Lipinski definition) is 1. The Morgan fingerprint density at radius 2 is 1.73 bits per heavy atom. The molecule has 0 fully saturated rings. The van der Waals surface area contributed by atoms with E-state index in [0.717, 1.165) is 17.5 Å². The summed E-state index contributed by atoms with van der Waals surface area (Å²) in [4.78, 5) is 22.3. The standard InChI is InChI=1S/C32H25F6N5O/c1-17-10-24-29(31(35)36)42-43(30(24)32(17,37)38)16-27(44)41-26(13-18-11-21(33)15-22(34)12-18)28-23(5-3-9-40-28)20-7-6-19-4-2-8-39-25(19)14-20/h2-9,11-12,14-15,17,26,31H,10,13,16H2,1H3,(H,41,44)/t17?,26-/m0/s1. The number of fused-ring (bicyclic) bond motifs is 2. The van der Waals surface area contributed by atoms with Crippen LogP contribution in [0, 0.1) is 17.6 Å². The van der Waals surface area contributed by atoms with Crippen LogP contribution in [0.15, 0.2) is 73.1 Å². The number of carbonyl (C=O) groups is 1. The van der Waals surface area contributed by atoms with E-state index in [2.05, 4.69) is 20.4 Å². The molecule has 226 valence electrons. The highest BCUT2D eigenvalue weighted by Crippen LogP contribution is 2.48. The lowest BCUT2D eigenvalue weighted by molar-refractivity contribution is -0.123. The van der Waals surface area contributed by atoms with Crippen LogP contribution in [0.3, 0.4) is 0 Å². The molecule has 0 aliphatic heterocycles. The van der Waals surface area contributed by atoms with E-state index in [4.69, 9.17) is 0 Å². The van der Waals surface area contributed by atoms with Crippen molar-refractivity contribution in [3.63, 3.8) is 0 Å². The number of nitrogens with zero attached hydrogens (tertiary/aromatic N) is 4. The fourth-order valence-corrected chi connectivity index (χ4v) is 5.78. The van der Waals surface area contributed by atoms with E-state index in [9.17, 15) is 22.4 Å². The average molecular weight is 610 g/mol. The average Bonchev–Trinajstić information content (AvgIpc) is 3.45. The molecule has 3 aromatic heterocycles. The molecule has 44 heavy (non-hydrogen) atoms. The lowest BCUT2D eigenvalue weighted by atomic mass is 9.95. The predicted molar refractivity (Wildman–Crippen MR) is 150 cm³/mol. The van der Waals surface area contributed by atoms with Crippen molar-refractivity contribution in [2.24, 2.45) is 5.92 Å². The first-order valence-corrected chi connectivity index (χ1v) is 13.8. The van der Waals surface area contributed by atoms with Crippen LogP contribution in [-0.2, 0) is 30.1 Å². The number of pyridine rings is 2. The van der Waals surface area contributed by atoms with E-state index in [-0.39, 0.29) is 24.0 Å². The predicted octanol–water partition coefficient (Wildman–Crippen LogP) is 7.09. The zero-order chi connectivity index (χ0) is 31.2. The van der Waals surface area contributed by atoms with E-state index in [1.807, 2.05) is 24.3 Å². The van der Waals surface area contributed by atoms with E-state index in [1.54, 1.807) is 24.4 Å². The summed E-state index contributed by atoms with van der Waals surface area (Å²) in [6.45, 7) is 0.464. The lowest BCUT2D eigenvalue weighted by Gasteiger charge is -2.22. The summed E-state index contributed by atoms with van der Waals surface area (Å²) in [5.74, 6) is -7.19. The number of hydrogen-bond acceptors (Lipinski definition) is 4. The van der Waals surface area contributed by atoms with Crippen LogP contribution in [0.4, 0.5) is 26.3 Å². The van der Waals surface area contributed by atoms with Gasteiger partial charge in [0.2, 0.25) is 5.91 Å². The first-order chi connectivity index (χ1) is 21.0. The third kappa shape index (κ3) is 5.51. The number of amides is 1. The molecule has 6 nitrogen and oxygen atoms in total. The van der Waals surface area contributed by atoms with E-state index >= 15 is 8.78 Å². The molecule has 0 saturated heterocycles. The molecule has 0 bridgehead atoms. The maximum atomic E-state index is 15.0. The van der Waals surface area contributed by atoms with Crippen molar-refractivity contribution in [2.45, 2.75) is 44.7 Å². The van der Waals surface area contributed by atoms with Gasteiger partial charge in [0.05, 0.1) is 17.3 Å². The highest BCUT2D eigenvalue weighted by molar-refractivity contribution is 5.85. The van der Waals surface area contributed by atoms with E-state index < -0.39 is 59.8 Å². The lowest BCUT2D eigenvalue weighted by Crippen LogP contribution is -2.35. The number of benzene rings is 2. The first-order valence-electron chi connectivity index (χ1n) is 13.8. The van der Waals surface area contributed by atoms with Crippen molar-refractivity contribution in [2.75, 3.05) is 0 Å². The Bertz CT molecular complexity index is 1850. The monoisotopic (exact) mass is 609 g/mol. The molecule has 0 radical (unpaired) electrons. The van der Waals surface area contributed by atoms with Gasteiger partial charge in [-0.3, -0.25) is 19.4 Å². The minimum Gasteiger partial charge on any atom is -0.346 e. The molecular formula is C32H25F6N5O. The van der Waals surface area contributed by atoms with Gasteiger partial charge in [0.1, 0.15) is 29.6 Å². The Balaban J connectivity index is 1.38. The number of aromatic nitrogens is 4. The number of alkyl halides is 4. The molecule has 5 aromatic rings. The van der Waals surface area contributed by atoms with Crippen LogP contribution >= 0.6 is 0 Å². The Hall–Kier alpha value is -4.74. The molecule has 6 rings (SSSR count). The summed E-state index contributed by atoms with van der Waals surface area (Å²) < 4.78 is 86.4. The summed E-state index contributed by atoms with van der Waals surface area (Å²) in [5.41, 5.74) is 0.774. The second-order valence-corrected chi connectivity index (χ2v) is 10.8. The smallest absolute Gasteiger partial charge is 0.292 e. The largest absolute Gasteiger partial charge is 0.346 e. The zero-order valence-corrected chi connectivity index (χ0v) is 23.2. The molecule has 2 aromatic carbocycles. The van der Waals surface area contributed by atoms with Crippen LogP contribution in [0.25, 0.3) is 22.0 Å². The van der Waals surface area contributed by atoms with Crippen LogP contribution in [0.1, 0.15) is 47.6 Å². The molecule has 1 unspecified atom stereocenters. The van der Waals surface area contributed by atoms with Gasteiger partial charge in [0.25, 0.3) is 12.3 Å². The maximum Gasteiger partial charge on any atom is 0.292 e. The molecule has 0 saturated carbocycles. The molecule has 1 amide bonds. The molecule has 3 heterocycles. The van der Waals surface area contributed by atoms with E-state index in [0.29, 0.717) is 33.1 Å². The summed E-state index contributed by atoms with van der Waals surface area (Å²) in [7, 11) is 0. The molecule has 2 atom stereocenters. The highest BCUT2D eigenvalue weighted by atomic mass is 19.3. The summed E-state index contributed by atoms with van der Waals surface area (Å²) >= 11 is 0. The number of halogens is 6. The normalized spacial score (nSPS) is 16.3. The van der Waals surface area contributed by atoms with Crippen molar-refractivity contribution in [1.82, 2.24) is 25.1 Å². The number of nitrogens with one attached hydrogen (secondary N) is 1. The van der Waals surface area contributed by atoms with Crippen molar-refractivity contribution in [3.05, 3.63) is 113 Å². The van der Waals surface area contributed by atoms with Crippen LogP contribution in [0.5, 0.6) is 0 Å².